The largest absolute Gasteiger partial charge is 0.454 e. The first-order valence-electron chi connectivity index (χ1n) is 11.0. The molecule has 33 heavy (non-hydrogen) atoms. The van der Waals surface area contributed by atoms with E-state index in [9.17, 15) is 0 Å². The summed E-state index contributed by atoms with van der Waals surface area (Å²) in [5.41, 5.74) is 7.65. The average molecular weight is 488 g/mol. The maximum Gasteiger partial charge on any atom is 0.149 e. The van der Waals surface area contributed by atoms with Gasteiger partial charge in [0.2, 0.25) is 0 Å². The van der Waals surface area contributed by atoms with Gasteiger partial charge >= 0.3 is 0 Å². The van der Waals surface area contributed by atoms with E-state index in [1.54, 1.807) is 0 Å². The van der Waals surface area contributed by atoms with Crippen molar-refractivity contribution in [2.24, 2.45) is 0 Å². The second kappa shape index (κ2) is 7.09. The van der Waals surface area contributed by atoms with E-state index < -0.39 is 0 Å². The highest BCUT2D eigenvalue weighted by molar-refractivity contribution is 9.10. The van der Waals surface area contributed by atoms with Crippen LogP contribution in [0.5, 0.6) is 0 Å². The number of furan rings is 1. The summed E-state index contributed by atoms with van der Waals surface area (Å²) >= 11 is 3.64. The molecule has 0 N–H and O–H groups in total. The van der Waals surface area contributed by atoms with Gasteiger partial charge in [0.25, 0.3) is 0 Å². The van der Waals surface area contributed by atoms with Crippen LogP contribution >= 0.6 is 15.9 Å². The van der Waals surface area contributed by atoms with Crippen molar-refractivity contribution in [3.63, 3.8) is 0 Å². The van der Waals surface area contributed by atoms with Crippen molar-refractivity contribution in [2.75, 3.05) is 0 Å². The second-order valence-corrected chi connectivity index (χ2v) is 9.18. The van der Waals surface area contributed by atoms with E-state index in [0.29, 0.717) is 0 Å². The number of nitrogens with zero attached hydrogens (tertiary/aromatic N) is 1. The molecule has 0 fully saturated rings. The number of halogens is 1. The van der Waals surface area contributed by atoms with Gasteiger partial charge in [0.15, 0.2) is 0 Å². The average Bonchev–Trinajstić information content (AvgIpc) is 3.41. The first-order valence-corrected chi connectivity index (χ1v) is 11.8. The van der Waals surface area contributed by atoms with Gasteiger partial charge in [0, 0.05) is 32.8 Å². The Morgan fingerprint density at radius 3 is 2.12 bits per heavy atom. The molecule has 0 saturated carbocycles. The van der Waals surface area contributed by atoms with Crippen LogP contribution in [0.1, 0.15) is 0 Å². The van der Waals surface area contributed by atoms with Crippen LogP contribution in [0.4, 0.5) is 0 Å². The zero-order valence-corrected chi connectivity index (χ0v) is 19.2. The van der Waals surface area contributed by atoms with Crippen LogP contribution in [0, 0.1) is 0 Å². The van der Waals surface area contributed by atoms with E-state index in [2.05, 4.69) is 124 Å². The molecule has 7 rings (SSSR count). The van der Waals surface area contributed by atoms with E-state index in [1.807, 2.05) is 6.07 Å². The number of fused-ring (bicyclic) bond motifs is 6. The van der Waals surface area contributed by atoms with Gasteiger partial charge in [0.05, 0.1) is 15.5 Å². The summed E-state index contributed by atoms with van der Waals surface area (Å²) in [6, 6.07) is 38.5. The Morgan fingerprint density at radius 2 is 1.24 bits per heavy atom. The topological polar surface area (TPSA) is 18.1 Å². The molecular weight excluding hydrogens is 470 g/mol. The molecule has 7 aromatic rings. The SMILES string of the molecule is Brc1cccc2c1oc1c(-c3ccc4c(c3)c3ccccc3n4-c3ccccc3)cccc12. The van der Waals surface area contributed by atoms with Crippen molar-refractivity contribution in [3.05, 3.63) is 114 Å². The van der Waals surface area contributed by atoms with Crippen LogP contribution in [-0.4, -0.2) is 4.57 Å². The van der Waals surface area contributed by atoms with Gasteiger partial charge in [0.1, 0.15) is 11.2 Å². The van der Waals surface area contributed by atoms with Crippen molar-refractivity contribution >= 4 is 59.7 Å². The van der Waals surface area contributed by atoms with Crippen molar-refractivity contribution in [1.82, 2.24) is 4.57 Å². The lowest BCUT2D eigenvalue weighted by atomic mass is 10.0. The van der Waals surface area contributed by atoms with Gasteiger partial charge in [-0.15, -0.1) is 0 Å². The Hall–Kier alpha value is -3.82. The van der Waals surface area contributed by atoms with Gasteiger partial charge in [-0.1, -0.05) is 72.8 Å². The van der Waals surface area contributed by atoms with Gasteiger partial charge in [-0.3, -0.25) is 0 Å². The Bertz CT molecular complexity index is 1830. The molecular formula is C30H18BrNO. The molecule has 5 aromatic carbocycles. The third-order valence-corrected chi connectivity index (χ3v) is 7.10. The Labute approximate surface area is 198 Å². The summed E-state index contributed by atoms with van der Waals surface area (Å²) < 4.78 is 9.71. The normalized spacial score (nSPS) is 11.8. The van der Waals surface area contributed by atoms with E-state index in [4.69, 9.17) is 4.42 Å². The molecule has 0 unspecified atom stereocenters. The third kappa shape index (κ3) is 2.73. The fourth-order valence-corrected chi connectivity index (χ4v) is 5.46. The summed E-state index contributed by atoms with van der Waals surface area (Å²) in [7, 11) is 0. The van der Waals surface area contributed by atoms with Gasteiger partial charge in [-0.05, 0) is 57.9 Å². The predicted molar refractivity (Wildman–Crippen MR) is 141 cm³/mol. The standard InChI is InChI=1S/C30H18BrNO/c31-26-14-7-13-24-23-12-6-11-21(29(23)33-30(24)26)19-16-17-28-25(18-19)22-10-4-5-15-27(22)32(28)20-8-2-1-3-9-20/h1-18H. The van der Waals surface area contributed by atoms with Crippen LogP contribution < -0.4 is 0 Å². The lowest BCUT2D eigenvalue weighted by Crippen LogP contribution is -1.92. The van der Waals surface area contributed by atoms with Crippen LogP contribution in [0.2, 0.25) is 0 Å². The molecule has 2 heterocycles. The minimum Gasteiger partial charge on any atom is -0.454 e. The first kappa shape index (κ1) is 18.7. The van der Waals surface area contributed by atoms with Crippen molar-refractivity contribution in [2.45, 2.75) is 0 Å². The first-order chi connectivity index (χ1) is 16.3. The minimum absolute atomic E-state index is 0.890. The Morgan fingerprint density at radius 1 is 0.545 bits per heavy atom. The predicted octanol–water partition coefficient (Wildman–Crippen LogP) is 9.11. The molecule has 0 atom stereocenters. The number of rotatable bonds is 2. The van der Waals surface area contributed by atoms with Gasteiger partial charge < -0.3 is 8.98 Å². The molecule has 0 radical (unpaired) electrons. The lowest BCUT2D eigenvalue weighted by Gasteiger charge is -2.08. The number of hydrogen-bond acceptors (Lipinski definition) is 1. The fourth-order valence-electron chi connectivity index (χ4n) is 5.01. The summed E-state index contributed by atoms with van der Waals surface area (Å²) in [5.74, 6) is 0. The third-order valence-electron chi connectivity index (χ3n) is 6.47. The van der Waals surface area contributed by atoms with Crippen molar-refractivity contribution < 1.29 is 4.42 Å². The monoisotopic (exact) mass is 487 g/mol. The highest BCUT2D eigenvalue weighted by atomic mass is 79.9. The number of benzene rings is 5. The minimum atomic E-state index is 0.890. The van der Waals surface area contributed by atoms with Crippen LogP contribution in [0.3, 0.4) is 0 Å². The van der Waals surface area contributed by atoms with Crippen LogP contribution in [0.15, 0.2) is 118 Å². The molecule has 2 nitrogen and oxygen atoms in total. The Balaban J connectivity index is 1.54. The van der Waals surface area contributed by atoms with E-state index in [-0.39, 0.29) is 0 Å². The molecule has 3 heteroatoms. The summed E-state index contributed by atoms with van der Waals surface area (Å²) in [6.07, 6.45) is 0. The summed E-state index contributed by atoms with van der Waals surface area (Å²) in [4.78, 5) is 0. The van der Waals surface area contributed by atoms with Crippen molar-refractivity contribution in [1.29, 1.82) is 0 Å². The number of hydrogen-bond donors (Lipinski definition) is 0. The molecule has 2 aromatic heterocycles. The highest BCUT2D eigenvalue weighted by Crippen LogP contribution is 2.40. The zero-order chi connectivity index (χ0) is 21.9. The molecule has 0 bridgehead atoms. The van der Waals surface area contributed by atoms with Crippen LogP contribution in [-0.2, 0) is 0 Å². The molecule has 156 valence electrons. The molecule has 0 aliphatic carbocycles. The second-order valence-electron chi connectivity index (χ2n) is 8.32. The summed E-state index contributed by atoms with van der Waals surface area (Å²) in [6.45, 7) is 0. The van der Waals surface area contributed by atoms with E-state index in [0.717, 1.165) is 37.5 Å². The lowest BCUT2D eigenvalue weighted by molar-refractivity contribution is 0.668. The maximum absolute atomic E-state index is 6.39. The molecule has 0 aliphatic rings. The molecule has 0 aliphatic heterocycles. The van der Waals surface area contributed by atoms with E-state index in [1.165, 1.54) is 27.5 Å². The number of para-hydroxylation sites is 4. The molecule has 0 amide bonds. The fraction of sp³-hybridized carbons (Fsp3) is 0. The van der Waals surface area contributed by atoms with E-state index >= 15 is 0 Å². The van der Waals surface area contributed by atoms with Crippen LogP contribution in [0.25, 0.3) is 60.6 Å². The number of aromatic nitrogens is 1. The zero-order valence-electron chi connectivity index (χ0n) is 17.6. The smallest absolute Gasteiger partial charge is 0.149 e. The summed E-state index contributed by atoms with van der Waals surface area (Å²) in [5, 5.41) is 4.75. The molecule has 0 saturated heterocycles. The highest BCUT2D eigenvalue weighted by Gasteiger charge is 2.16. The van der Waals surface area contributed by atoms with Gasteiger partial charge in [-0.25, -0.2) is 0 Å². The molecule has 0 spiro atoms. The van der Waals surface area contributed by atoms with Crippen molar-refractivity contribution in [3.8, 4) is 16.8 Å². The maximum atomic E-state index is 6.39. The quantitative estimate of drug-likeness (QED) is 0.237. The Kier molecular flexibility index (Phi) is 4.02. The van der Waals surface area contributed by atoms with Gasteiger partial charge in [-0.2, -0.15) is 0 Å².